The molecule has 2 N–H and O–H groups in total. The van der Waals surface area contributed by atoms with Crippen molar-refractivity contribution in [2.75, 3.05) is 27.2 Å². The number of nitrogens with zero attached hydrogens (tertiary/aromatic N) is 2. The molecule has 6 nitrogen and oxygen atoms in total. The smallest absolute Gasteiger partial charge is 0.253 e. The van der Waals surface area contributed by atoms with Gasteiger partial charge in [0.2, 0.25) is 0 Å². The van der Waals surface area contributed by atoms with E-state index in [4.69, 9.17) is 5.41 Å². The Bertz CT molecular complexity index is 1160. The molecule has 0 unspecified atom stereocenters. The van der Waals surface area contributed by atoms with Gasteiger partial charge in [0.15, 0.2) is 5.78 Å². The zero-order valence-corrected chi connectivity index (χ0v) is 24.6. The molecule has 1 heterocycles. The van der Waals surface area contributed by atoms with Crippen LogP contribution in [-0.4, -0.2) is 59.6 Å². The number of phenols is 1. The fraction of sp³-hybridized carbons (Fsp3) is 0.531. The first-order valence-corrected chi connectivity index (χ1v) is 13.6. The molecule has 1 amide bonds. The number of phenolic OH excluding ortho intramolecular Hbond substituents is 1. The van der Waals surface area contributed by atoms with Crippen LogP contribution in [0.4, 0.5) is 0 Å². The predicted octanol–water partition coefficient (Wildman–Crippen LogP) is 6.36. The van der Waals surface area contributed by atoms with Gasteiger partial charge in [0, 0.05) is 48.8 Å². The van der Waals surface area contributed by atoms with Gasteiger partial charge in [-0.05, 0) is 53.0 Å². The summed E-state index contributed by atoms with van der Waals surface area (Å²) < 4.78 is 0. The van der Waals surface area contributed by atoms with Gasteiger partial charge in [-0.3, -0.25) is 15.0 Å². The third-order valence-electron chi connectivity index (χ3n) is 7.53. The van der Waals surface area contributed by atoms with Gasteiger partial charge in [0.1, 0.15) is 11.6 Å². The van der Waals surface area contributed by atoms with Crippen molar-refractivity contribution in [1.29, 1.82) is 5.41 Å². The van der Waals surface area contributed by atoms with E-state index in [1.807, 2.05) is 82.8 Å². The van der Waals surface area contributed by atoms with Crippen LogP contribution in [-0.2, 0) is 10.8 Å². The number of hydrogen-bond acceptors (Lipinski definition) is 4. The number of Topliss-reactive ketones (excluding diaryl/α,β-unsaturated/α-hetero) is 1. The molecule has 0 aliphatic carbocycles. The van der Waals surface area contributed by atoms with Gasteiger partial charge < -0.3 is 14.9 Å². The first-order valence-electron chi connectivity index (χ1n) is 13.6. The normalized spacial score (nSPS) is 18.1. The van der Waals surface area contributed by atoms with Crippen LogP contribution in [0, 0.1) is 11.3 Å². The minimum atomic E-state index is -0.321. The SMILES string of the molecule is CCC[C@H]1CN(CC(=O)c2cc(C(C)(C)C)c(O)c(C(C)(C)C)c2)C(=N)[C@@H]1c1ccc(C(=O)N(C)C)cc1. The van der Waals surface area contributed by atoms with Crippen molar-refractivity contribution in [2.24, 2.45) is 5.92 Å². The predicted molar refractivity (Wildman–Crippen MR) is 155 cm³/mol. The Hall–Kier alpha value is -3.15. The fourth-order valence-corrected chi connectivity index (χ4v) is 5.41. The molecule has 1 saturated heterocycles. The molecule has 3 rings (SSSR count). The van der Waals surface area contributed by atoms with Gasteiger partial charge in [0.25, 0.3) is 5.91 Å². The van der Waals surface area contributed by atoms with Crippen LogP contribution in [0.1, 0.15) is 105 Å². The number of ketones is 1. The summed E-state index contributed by atoms with van der Waals surface area (Å²) >= 11 is 0. The molecular formula is C32H45N3O3. The summed E-state index contributed by atoms with van der Waals surface area (Å²) in [6, 6.07) is 11.2. The van der Waals surface area contributed by atoms with E-state index in [0.29, 0.717) is 23.5 Å². The van der Waals surface area contributed by atoms with Gasteiger partial charge in [0.05, 0.1) is 6.54 Å². The average molecular weight is 520 g/mol. The molecular weight excluding hydrogens is 474 g/mol. The van der Waals surface area contributed by atoms with Gasteiger partial charge in [-0.2, -0.15) is 0 Å². The lowest BCUT2D eigenvalue weighted by atomic mass is 9.78. The number of likely N-dealkylation sites (tertiary alicyclic amines) is 1. The Morgan fingerprint density at radius 1 is 0.974 bits per heavy atom. The van der Waals surface area contributed by atoms with E-state index in [1.54, 1.807) is 19.0 Å². The molecule has 0 saturated carbocycles. The summed E-state index contributed by atoms with van der Waals surface area (Å²) in [7, 11) is 3.47. The van der Waals surface area contributed by atoms with Crippen LogP contribution >= 0.6 is 0 Å². The van der Waals surface area contributed by atoms with Crippen LogP contribution in [0.3, 0.4) is 0 Å². The van der Waals surface area contributed by atoms with E-state index in [9.17, 15) is 14.7 Å². The van der Waals surface area contributed by atoms with Crippen molar-refractivity contribution < 1.29 is 14.7 Å². The van der Waals surface area contributed by atoms with Crippen molar-refractivity contribution in [3.63, 3.8) is 0 Å². The van der Waals surface area contributed by atoms with Crippen molar-refractivity contribution in [3.8, 4) is 5.75 Å². The quantitative estimate of drug-likeness (QED) is 0.417. The molecule has 0 spiro atoms. The third-order valence-corrected chi connectivity index (χ3v) is 7.53. The Kier molecular flexibility index (Phi) is 8.45. The molecule has 2 aromatic carbocycles. The second kappa shape index (κ2) is 10.9. The highest BCUT2D eigenvalue weighted by Gasteiger charge is 2.39. The second-order valence-corrected chi connectivity index (χ2v) is 13.0. The molecule has 0 radical (unpaired) electrons. The summed E-state index contributed by atoms with van der Waals surface area (Å²) in [4.78, 5) is 29.4. The van der Waals surface area contributed by atoms with E-state index < -0.39 is 0 Å². The van der Waals surface area contributed by atoms with Crippen LogP contribution < -0.4 is 0 Å². The van der Waals surface area contributed by atoms with Crippen molar-refractivity contribution >= 4 is 17.5 Å². The molecule has 6 heteroatoms. The Balaban J connectivity index is 1.91. The van der Waals surface area contributed by atoms with Gasteiger partial charge in [-0.25, -0.2) is 0 Å². The highest BCUT2D eigenvalue weighted by molar-refractivity contribution is 6.01. The van der Waals surface area contributed by atoms with E-state index in [0.717, 1.165) is 29.5 Å². The maximum Gasteiger partial charge on any atom is 0.253 e. The molecule has 38 heavy (non-hydrogen) atoms. The summed E-state index contributed by atoms with van der Waals surface area (Å²) in [5.74, 6) is 0.735. The molecule has 0 bridgehead atoms. The Labute approximate surface area is 228 Å². The maximum absolute atomic E-state index is 13.6. The van der Waals surface area contributed by atoms with Crippen LogP contribution in [0.25, 0.3) is 0 Å². The summed E-state index contributed by atoms with van der Waals surface area (Å²) in [5, 5.41) is 20.1. The lowest BCUT2D eigenvalue weighted by molar-refractivity contribution is 0.0827. The third kappa shape index (κ3) is 6.11. The number of hydrogen-bond donors (Lipinski definition) is 2. The number of aromatic hydroxyl groups is 1. The number of nitrogens with one attached hydrogen (secondary N) is 1. The minimum Gasteiger partial charge on any atom is -0.507 e. The lowest BCUT2D eigenvalue weighted by Gasteiger charge is -2.28. The van der Waals surface area contributed by atoms with Crippen molar-refractivity contribution in [1.82, 2.24) is 9.80 Å². The lowest BCUT2D eigenvalue weighted by Crippen LogP contribution is -2.32. The molecule has 2 aromatic rings. The van der Waals surface area contributed by atoms with Gasteiger partial charge >= 0.3 is 0 Å². The first kappa shape index (κ1) is 29.4. The Morgan fingerprint density at radius 3 is 1.95 bits per heavy atom. The number of benzene rings is 2. The summed E-state index contributed by atoms with van der Waals surface area (Å²) in [6.45, 7) is 15.2. The molecule has 1 fully saturated rings. The van der Waals surface area contributed by atoms with Crippen molar-refractivity contribution in [2.45, 2.75) is 78.1 Å². The second-order valence-electron chi connectivity index (χ2n) is 13.0. The van der Waals surface area contributed by atoms with Gasteiger partial charge in [-0.1, -0.05) is 67.0 Å². The van der Waals surface area contributed by atoms with E-state index in [-0.39, 0.29) is 46.7 Å². The van der Waals surface area contributed by atoms with E-state index in [2.05, 4.69) is 6.92 Å². The monoisotopic (exact) mass is 519 g/mol. The minimum absolute atomic E-state index is 0.0476. The number of amides is 1. The maximum atomic E-state index is 13.6. The van der Waals surface area contributed by atoms with E-state index in [1.165, 1.54) is 0 Å². The number of amidine groups is 1. The standard InChI is InChI=1S/C32H45N3O3/c1-10-11-22-18-35(29(33)27(22)20-12-14-21(15-13-20)30(38)34(8)9)19-26(36)23-16-24(31(2,3)4)28(37)25(17-23)32(5,6)7/h12-17,22,27,33,37H,10-11,18-19H2,1-9H3/t22-,27+/m0/s1. The fourth-order valence-electron chi connectivity index (χ4n) is 5.41. The summed E-state index contributed by atoms with van der Waals surface area (Å²) in [5.41, 5.74) is 3.09. The van der Waals surface area contributed by atoms with Crippen LogP contribution in [0.2, 0.25) is 0 Å². The van der Waals surface area contributed by atoms with E-state index >= 15 is 0 Å². The molecule has 2 atom stereocenters. The first-order chi connectivity index (χ1) is 17.6. The largest absolute Gasteiger partial charge is 0.507 e. The van der Waals surface area contributed by atoms with Crippen LogP contribution in [0.5, 0.6) is 5.75 Å². The zero-order chi connectivity index (χ0) is 28.6. The summed E-state index contributed by atoms with van der Waals surface area (Å²) in [6.07, 6.45) is 1.95. The zero-order valence-electron chi connectivity index (χ0n) is 24.6. The topological polar surface area (TPSA) is 84.7 Å². The van der Waals surface area contributed by atoms with Crippen molar-refractivity contribution in [3.05, 3.63) is 64.2 Å². The molecule has 1 aliphatic heterocycles. The number of carbonyl (C=O) groups excluding carboxylic acids is 2. The van der Waals surface area contributed by atoms with Crippen LogP contribution in [0.15, 0.2) is 36.4 Å². The molecule has 0 aromatic heterocycles. The Morgan fingerprint density at radius 2 is 1.50 bits per heavy atom. The number of carbonyl (C=O) groups is 2. The highest BCUT2D eigenvalue weighted by Crippen LogP contribution is 2.41. The molecule has 206 valence electrons. The number of rotatable bonds is 7. The average Bonchev–Trinajstić information content (AvgIpc) is 3.11. The highest BCUT2D eigenvalue weighted by atomic mass is 16.3. The molecule has 1 aliphatic rings. The van der Waals surface area contributed by atoms with Gasteiger partial charge in [-0.15, -0.1) is 0 Å².